The highest BCUT2D eigenvalue weighted by Crippen LogP contribution is 2.30. The van der Waals surface area contributed by atoms with Gasteiger partial charge in [-0.2, -0.15) is 0 Å². The first-order chi connectivity index (χ1) is 10.6. The molecule has 1 heterocycles. The Balaban J connectivity index is 1.93. The van der Waals surface area contributed by atoms with Gasteiger partial charge >= 0.3 is 0 Å². The zero-order valence-electron chi connectivity index (χ0n) is 12.5. The van der Waals surface area contributed by atoms with E-state index in [-0.39, 0.29) is 18.4 Å². The molecule has 3 rings (SSSR count). The van der Waals surface area contributed by atoms with E-state index in [1.807, 2.05) is 49.3 Å². The summed E-state index contributed by atoms with van der Waals surface area (Å²) in [6.07, 6.45) is 0. The van der Waals surface area contributed by atoms with Crippen molar-refractivity contribution in [3.8, 4) is 0 Å². The molecule has 0 aliphatic carbocycles. The molecule has 2 aromatic rings. The number of nitrogens with zero attached hydrogens (tertiary/aromatic N) is 2. The largest absolute Gasteiger partial charge is 0.378 e. The molecule has 22 heavy (non-hydrogen) atoms. The Morgan fingerprint density at radius 3 is 2.45 bits per heavy atom. The van der Waals surface area contributed by atoms with E-state index in [0.29, 0.717) is 11.3 Å². The Bertz CT molecular complexity index is 723. The fourth-order valence-electron chi connectivity index (χ4n) is 2.47. The maximum Gasteiger partial charge on any atom is 0.258 e. The van der Waals surface area contributed by atoms with E-state index in [1.54, 1.807) is 18.2 Å². The molecule has 5 heteroatoms. The van der Waals surface area contributed by atoms with Gasteiger partial charge in [-0.25, -0.2) is 0 Å². The van der Waals surface area contributed by atoms with Crippen molar-refractivity contribution < 1.29 is 9.59 Å². The molecule has 0 aromatic heterocycles. The minimum Gasteiger partial charge on any atom is -0.378 e. The molecule has 0 radical (unpaired) electrons. The van der Waals surface area contributed by atoms with Gasteiger partial charge < -0.3 is 10.2 Å². The smallest absolute Gasteiger partial charge is 0.258 e. The molecule has 5 nitrogen and oxygen atoms in total. The number of carbonyl (C=O) groups is 2. The van der Waals surface area contributed by atoms with Gasteiger partial charge in [-0.3, -0.25) is 14.5 Å². The third kappa shape index (κ3) is 2.53. The number of fused-ring (bicyclic) bond motifs is 1. The van der Waals surface area contributed by atoms with Gasteiger partial charge in [0.25, 0.3) is 5.91 Å². The van der Waals surface area contributed by atoms with E-state index in [9.17, 15) is 9.59 Å². The molecule has 0 saturated heterocycles. The van der Waals surface area contributed by atoms with Gasteiger partial charge in [0.15, 0.2) is 0 Å². The van der Waals surface area contributed by atoms with Crippen LogP contribution in [0.2, 0.25) is 0 Å². The van der Waals surface area contributed by atoms with Crippen LogP contribution in [0.15, 0.2) is 48.5 Å². The fraction of sp³-hybridized carbons (Fsp3) is 0.176. The van der Waals surface area contributed by atoms with Crippen molar-refractivity contribution in [2.45, 2.75) is 0 Å². The van der Waals surface area contributed by atoms with E-state index in [1.165, 1.54) is 4.90 Å². The number of hydrogen-bond donors (Lipinski definition) is 1. The van der Waals surface area contributed by atoms with Crippen molar-refractivity contribution in [1.29, 1.82) is 0 Å². The highest BCUT2D eigenvalue weighted by atomic mass is 16.2. The lowest BCUT2D eigenvalue weighted by Gasteiger charge is -2.29. The van der Waals surface area contributed by atoms with Gasteiger partial charge in [-0.15, -0.1) is 0 Å². The number of amides is 2. The minimum atomic E-state index is -0.183. The molecule has 0 unspecified atom stereocenters. The summed E-state index contributed by atoms with van der Waals surface area (Å²) in [5.74, 6) is -0.357. The van der Waals surface area contributed by atoms with Gasteiger partial charge in [-0.05, 0) is 36.4 Å². The van der Waals surface area contributed by atoms with Gasteiger partial charge in [0.1, 0.15) is 6.54 Å². The predicted octanol–water partition coefficient (Wildman–Crippen LogP) is 2.35. The van der Waals surface area contributed by atoms with Gasteiger partial charge in [0.05, 0.1) is 11.4 Å². The lowest BCUT2D eigenvalue weighted by molar-refractivity contribution is -0.115. The molecule has 0 saturated carbocycles. The molecule has 1 aliphatic rings. The maximum absolute atomic E-state index is 12.7. The Hall–Kier alpha value is -2.82. The Morgan fingerprint density at radius 1 is 1.09 bits per heavy atom. The summed E-state index contributed by atoms with van der Waals surface area (Å²) >= 11 is 0. The summed E-state index contributed by atoms with van der Waals surface area (Å²) in [5, 5.41) is 2.78. The van der Waals surface area contributed by atoms with Crippen molar-refractivity contribution in [3.63, 3.8) is 0 Å². The Labute approximate surface area is 129 Å². The second kappa shape index (κ2) is 5.52. The van der Waals surface area contributed by atoms with Crippen molar-refractivity contribution in [1.82, 2.24) is 0 Å². The molecule has 0 fully saturated rings. The number of carbonyl (C=O) groups excluding carboxylic acids is 2. The zero-order chi connectivity index (χ0) is 15.7. The molecule has 2 amide bonds. The molecular weight excluding hydrogens is 278 g/mol. The first-order valence-electron chi connectivity index (χ1n) is 7.04. The molecule has 0 bridgehead atoms. The third-order valence-corrected chi connectivity index (χ3v) is 3.65. The van der Waals surface area contributed by atoms with E-state index >= 15 is 0 Å². The average Bonchev–Trinajstić information content (AvgIpc) is 2.53. The third-order valence-electron chi connectivity index (χ3n) is 3.65. The van der Waals surface area contributed by atoms with Crippen LogP contribution in [0.1, 0.15) is 10.4 Å². The van der Waals surface area contributed by atoms with Crippen LogP contribution >= 0.6 is 0 Å². The van der Waals surface area contributed by atoms with Crippen LogP contribution in [-0.2, 0) is 4.79 Å². The molecule has 2 aromatic carbocycles. The van der Waals surface area contributed by atoms with Crippen LogP contribution < -0.4 is 15.1 Å². The quantitative estimate of drug-likeness (QED) is 0.925. The highest BCUT2D eigenvalue weighted by Gasteiger charge is 2.27. The van der Waals surface area contributed by atoms with Crippen molar-refractivity contribution in [2.75, 3.05) is 35.8 Å². The molecule has 0 spiro atoms. The van der Waals surface area contributed by atoms with Crippen molar-refractivity contribution >= 4 is 28.9 Å². The topological polar surface area (TPSA) is 52.7 Å². The number of nitrogens with one attached hydrogen (secondary N) is 1. The second-order valence-electron chi connectivity index (χ2n) is 5.40. The van der Waals surface area contributed by atoms with Crippen LogP contribution in [0.5, 0.6) is 0 Å². The SMILES string of the molecule is CN(C)c1ccc(C(=O)N2CC(=O)Nc3ccccc32)cc1. The van der Waals surface area contributed by atoms with Crippen LogP contribution in [0, 0.1) is 0 Å². The number of benzene rings is 2. The summed E-state index contributed by atoms with van der Waals surface area (Å²) in [7, 11) is 3.89. The summed E-state index contributed by atoms with van der Waals surface area (Å²) in [4.78, 5) is 28.0. The lowest BCUT2D eigenvalue weighted by Crippen LogP contribution is -2.42. The molecule has 1 N–H and O–H groups in total. The van der Waals surface area contributed by atoms with E-state index in [0.717, 1.165) is 11.4 Å². The molecular formula is C17H17N3O2. The van der Waals surface area contributed by atoms with Crippen LogP contribution in [0.4, 0.5) is 17.1 Å². The van der Waals surface area contributed by atoms with Crippen LogP contribution in [0.3, 0.4) is 0 Å². The highest BCUT2D eigenvalue weighted by molar-refractivity contribution is 6.15. The standard InChI is InChI=1S/C17H17N3O2/c1-19(2)13-9-7-12(8-10-13)17(22)20-11-16(21)18-14-5-3-4-6-15(14)20/h3-10H,11H2,1-2H3,(H,18,21). The fourth-order valence-corrected chi connectivity index (χ4v) is 2.47. The van der Waals surface area contributed by atoms with E-state index < -0.39 is 0 Å². The molecule has 112 valence electrons. The lowest BCUT2D eigenvalue weighted by atomic mass is 10.1. The Morgan fingerprint density at radius 2 is 1.77 bits per heavy atom. The first kappa shape index (κ1) is 14.1. The van der Waals surface area contributed by atoms with Gasteiger partial charge in [0, 0.05) is 25.3 Å². The number of rotatable bonds is 2. The minimum absolute atomic E-state index is 0.0330. The summed E-state index contributed by atoms with van der Waals surface area (Å²) in [6, 6.07) is 14.7. The number of anilines is 3. The summed E-state index contributed by atoms with van der Waals surface area (Å²) in [6.45, 7) is 0.0330. The number of hydrogen-bond acceptors (Lipinski definition) is 3. The Kier molecular flexibility index (Phi) is 3.55. The summed E-state index contributed by atoms with van der Waals surface area (Å²) < 4.78 is 0. The maximum atomic E-state index is 12.7. The van der Waals surface area contributed by atoms with E-state index in [2.05, 4.69) is 5.32 Å². The predicted molar refractivity (Wildman–Crippen MR) is 87.5 cm³/mol. The second-order valence-corrected chi connectivity index (χ2v) is 5.40. The normalized spacial score (nSPS) is 13.4. The van der Waals surface area contributed by atoms with Crippen LogP contribution in [-0.4, -0.2) is 32.5 Å². The zero-order valence-corrected chi connectivity index (χ0v) is 12.5. The molecule has 1 aliphatic heterocycles. The van der Waals surface area contributed by atoms with Gasteiger partial charge in [-0.1, -0.05) is 12.1 Å². The summed E-state index contributed by atoms with van der Waals surface area (Å²) in [5.41, 5.74) is 2.98. The molecule has 0 atom stereocenters. The van der Waals surface area contributed by atoms with Crippen molar-refractivity contribution in [2.24, 2.45) is 0 Å². The van der Waals surface area contributed by atoms with E-state index in [4.69, 9.17) is 0 Å². The average molecular weight is 295 g/mol. The van der Waals surface area contributed by atoms with Crippen LogP contribution in [0.25, 0.3) is 0 Å². The monoisotopic (exact) mass is 295 g/mol. The van der Waals surface area contributed by atoms with Gasteiger partial charge in [0.2, 0.25) is 5.91 Å². The first-order valence-corrected chi connectivity index (χ1v) is 7.04. The number of para-hydroxylation sites is 2. The van der Waals surface area contributed by atoms with Crippen molar-refractivity contribution in [3.05, 3.63) is 54.1 Å².